The van der Waals surface area contributed by atoms with Crippen LogP contribution in [-0.2, 0) is 27.4 Å². The number of hydrogen-bond donors (Lipinski definition) is 0. The summed E-state index contributed by atoms with van der Waals surface area (Å²) in [5.41, 5.74) is 2.04. The van der Waals surface area contributed by atoms with Crippen LogP contribution in [0.25, 0.3) is 11.0 Å². The van der Waals surface area contributed by atoms with Crippen LogP contribution in [-0.4, -0.2) is 39.5 Å². The summed E-state index contributed by atoms with van der Waals surface area (Å²) < 4.78 is 49.5. The van der Waals surface area contributed by atoms with Crippen LogP contribution in [0.5, 0.6) is 0 Å². The highest BCUT2D eigenvalue weighted by molar-refractivity contribution is 6.34. The Morgan fingerprint density at radius 1 is 0.971 bits per heavy atom. The van der Waals surface area contributed by atoms with E-state index in [9.17, 15) is 4.39 Å². The summed E-state index contributed by atoms with van der Waals surface area (Å²) in [6.07, 6.45) is -2.08. The van der Waals surface area contributed by atoms with E-state index in [4.69, 9.17) is 25.8 Å². The zero-order chi connectivity index (χ0) is 23.5. The molecule has 1 aliphatic rings. The molecule has 0 bridgehead atoms. The van der Waals surface area contributed by atoms with E-state index in [0.717, 1.165) is 17.3 Å². The van der Waals surface area contributed by atoms with Gasteiger partial charge in [-0.1, -0.05) is 72.3 Å². The molecule has 1 saturated heterocycles. The molecule has 2 aromatic heterocycles. The van der Waals surface area contributed by atoms with Gasteiger partial charge < -0.3 is 14.2 Å². The van der Waals surface area contributed by atoms with Gasteiger partial charge >= 0.3 is 0 Å². The topological polar surface area (TPSA) is 58.4 Å². The predicted molar refractivity (Wildman–Crippen MR) is 122 cm³/mol. The smallest absolute Gasteiger partial charge is 0.174 e. The molecule has 4 aromatic rings. The van der Waals surface area contributed by atoms with E-state index < -0.39 is 30.4 Å². The maximum absolute atomic E-state index is 15.8. The third-order valence-electron chi connectivity index (χ3n) is 5.74. The van der Waals surface area contributed by atoms with Crippen molar-refractivity contribution < 1.29 is 23.0 Å². The molecule has 0 N–H and O–H groups in total. The molecule has 34 heavy (non-hydrogen) atoms. The van der Waals surface area contributed by atoms with Crippen LogP contribution < -0.4 is 0 Å². The summed E-state index contributed by atoms with van der Waals surface area (Å²) in [5, 5.41) is -0.0280. The van der Waals surface area contributed by atoms with Crippen LogP contribution in [0.4, 0.5) is 8.78 Å². The number of ether oxygens (including phenoxy) is 3. The van der Waals surface area contributed by atoms with Crippen LogP contribution in [0, 0.1) is 5.82 Å². The minimum atomic E-state index is -1.60. The maximum atomic E-state index is 15.8. The van der Waals surface area contributed by atoms with Gasteiger partial charge in [0.05, 0.1) is 25.2 Å². The Kier molecular flexibility index (Phi) is 6.82. The van der Waals surface area contributed by atoms with E-state index >= 15 is 4.39 Å². The van der Waals surface area contributed by atoms with E-state index in [1.165, 1.54) is 10.9 Å². The van der Waals surface area contributed by atoms with Crippen molar-refractivity contribution in [3.8, 4) is 0 Å². The Bertz CT molecular complexity index is 1240. The van der Waals surface area contributed by atoms with Crippen molar-refractivity contribution in [1.29, 1.82) is 0 Å². The van der Waals surface area contributed by atoms with Crippen molar-refractivity contribution in [2.75, 3.05) is 6.61 Å². The highest BCUT2D eigenvalue weighted by Crippen LogP contribution is 2.38. The quantitative estimate of drug-likeness (QED) is 0.319. The second kappa shape index (κ2) is 10.1. The molecular weight excluding hydrogens is 464 g/mol. The average molecular weight is 486 g/mol. The van der Waals surface area contributed by atoms with Crippen LogP contribution >= 0.6 is 11.6 Å². The van der Waals surface area contributed by atoms with Crippen molar-refractivity contribution in [2.24, 2.45) is 0 Å². The molecule has 0 amide bonds. The third kappa shape index (κ3) is 4.67. The second-order valence-electron chi connectivity index (χ2n) is 8.02. The lowest BCUT2D eigenvalue weighted by molar-refractivity contribution is -0.0819. The average Bonchev–Trinajstić information content (AvgIpc) is 3.36. The molecule has 1 aliphatic heterocycles. The molecular formula is C25H22ClF2N3O3. The van der Waals surface area contributed by atoms with Crippen LogP contribution in [0.2, 0.25) is 5.15 Å². The van der Waals surface area contributed by atoms with Crippen LogP contribution in [0.3, 0.4) is 0 Å². The monoisotopic (exact) mass is 485 g/mol. The number of benzene rings is 2. The van der Waals surface area contributed by atoms with E-state index in [1.54, 1.807) is 0 Å². The number of fused-ring (bicyclic) bond motifs is 1. The van der Waals surface area contributed by atoms with Gasteiger partial charge in [-0.05, 0) is 11.1 Å². The number of hydrogen-bond acceptors (Lipinski definition) is 5. The van der Waals surface area contributed by atoms with Gasteiger partial charge in [0, 0.05) is 6.20 Å². The van der Waals surface area contributed by atoms with Crippen molar-refractivity contribution in [2.45, 2.75) is 37.8 Å². The van der Waals surface area contributed by atoms with Gasteiger partial charge in [0.1, 0.15) is 29.3 Å². The molecule has 0 saturated carbocycles. The van der Waals surface area contributed by atoms with E-state index in [-0.39, 0.29) is 29.4 Å². The molecule has 0 radical (unpaired) electrons. The number of alkyl halides is 1. The highest BCUT2D eigenvalue weighted by atomic mass is 35.5. The molecule has 5 rings (SSSR count). The summed E-state index contributed by atoms with van der Waals surface area (Å²) in [6, 6.07) is 19.1. The fourth-order valence-electron chi connectivity index (χ4n) is 4.08. The fraction of sp³-hybridized carbons (Fsp3) is 0.280. The first kappa shape index (κ1) is 22.9. The Morgan fingerprint density at radius 2 is 1.65 bits per heavy atom. The third-order valence-corrected chi connectivity index (χ3v) is 6.02. The first-order chi connectivity index (χ1) is 16.6. The molecule has 1 fully saturated rings. The molecule has 0 spiro atoms. The summed E-state index contributed by atoms with van der Waals surface area (Å²) in [4.78, 5) is 7.91. The summed E-state index contributed by atoms with van der Waals surface area (Å²) >= 11 is 6.04. The van der Waals surface area contributed by atoms with Crippen molar-refractivity contribution in [3.05, 3.63) is 95.3 Å². The number of aromatic nitrogens is 3. The van der Waals surface area contributed by atoms with Gasteiger partial charge in [0.15, 0.2) is 18.2 Å². The molecule has 9 heteroatoms. The normalized spacial score (nSPS) is 22.4. The highest BCUT2D eigenvalue weighted by Gasteiger charge is 2.47. The van der Waals surface area contributed by atoms with E-state index in [1.807, 2.05) is 60.7 Å². The summed E-state index contributed by atoms with van der Waals surface area (Å²) in [7, 11) is 0. The summed E-state index contributed by atoms with van der Waals surface area (Å²) in [6.45, 7) is 0.645. The minimum absolute atomic E-state index is 0.0190. The molecule has 4 unspecified atom stereocenters. The van der Waals surface area contributed by atoms with Gasteiger partial charge in [-0.15, -0.1) is 0 Å². The first-order valence-corrected chi connectivity index (χ1v) is 11.2. The van der Waals surface area contributed by atoms with Gasteiger partial charge in [-0.2, -0.15) is 0 Å². The number of halogens is 3. The van der Waals surface area contributed by atoms with Crippen LogP contribution in [0.1, 0.15) is 17.4 Å². The molecule has 4 atom stereocenters. The lowest BCUT2D eigenvalue weighted by Gasteiger charge is -2.20. The van der Waals surface area contributed by atoms with Crippen molar-refractivity contribution in [1.82, 2.24) is 14.5 Å². The molecule has 176 valence electrons. The SMILES string of the molecule is Fc1cn(C2OC(COCc3ccccc3)C(OCc3ccccc3)C2F)c2ncnc(Cl)c12. The van der Waals surface area contributed by atoms with Crippen molar-refractivity contribution >= 4 is 22.6 Å². The van der Waals surface area contributed by atoms with Gasteiger partial charge in [-0.25, -0.2) is 18.7 Å². The Balaban J connectivity index is 1.37. The molecule has 6 nitrogen and oxygen atoms in total. The largest absolute Gasteiger partial charge is 0.374 e. The zero-order valence-corrected chi connectivity index (χ0v) is 18.8. The number of nitrogens with zero attached hydrogens (tertiary/aromatic N) is 3. The maximum Gasteiger partial charge on any atom is 0.174 e. The Labute approximate surface area is 200 Å². The Morgan fingerprint density at radius 3 is 2.35 bits per heavy atom. The number of rotatable bonds is 8. The minimum Gasteiger partial charge on any atom is -0.374 e. The molecule has 2 aromatic carbocycles. The van der Waals surface area contributed by atoms with Crippen LogP contribution in [0.15, 0.2) is 73.2 Å². The predicted octanol–water partition coefficient (Wildman–Crippen LogP) is 5.26. The zero-order valence-electron chi connectivity index (χ0n) is 18.1. The van der Waals surface area contributed by atoms with Gasteiger partial charge in [0.2, 0.25) is 0 Å². The summed E-state index contributed by atoms with van der Waals surface area (Å²) in [5.74, 6) is -0.651. The lowest BCUT2D eigenvalue weighted by Crippen LogP contribution is -2.34. The molecule has 0 aliphatic carbocycles. The first-order valence-electron chi connectivity index (χ1n) is 10.8. The van der Waals surface area contributed by atoms with E-state index in [0.29, 0.717) is 6.61 Å². The standard InChI is InChI=1S/C25H22ClF2N3O3/c26-23-20-18(27)11-31(24(20)30-15-29-23)25-21(28)22(33-13-17-9-5-2-6-10-17)19(34-25)14-32-12-16-7-3-1-4-8-16/h1-11,15,19,21-22,25H,12-14H2. The van der Waals surface area contributed by atoms with Crippen molar-refractivity contribution in [3.63, 3.8) is 0 Å². The Hall–Kier alpha value is -2.91. The molecule has 3 heterocycles. The van der Waals surface area contributed by atoms with Gasteiger partial charge in [-0.3, -0.25) is 4.57 Å². The second-order valence-corrected chi connectivity index (χ2v) is 8.38. The van der Waals surface area contributed by atoms with Gasteiger partial charge in [0.25, 0.3) is 0 Å². The van der Waals surface area contributed by atoms with E-state index in [2.05, 4.69) is 9.97 Å². The lowest BCUT2D eigenvalue weighted by atomic mass is 10.1. The fourth-order valence-corrected chi connectivity index (χ4v) is 4.30.